The van der Waals surface area contributed by atoms with Crippen LogP contribution in [0.25, 0.3) is 0 Å². The van der Waals surface area contributed by atoms with Crippen molar-refractivity contribution in [3.05, 3.63) is 214 Å². The maximum Gasteiger partial charge on any atom is 0.193 e. The predicted molar refractivity (Wildman–Crippen MR) is 259 cm³/mol. The van der Waals surface area contributed by atoms with Crippen molar-refractivity contribution in [1.82, 2.24) is 19.6 Å². The Morgan fingerprint density at radius 2 is 0.734 bits per heavy atom. The Morgan fingerprint density at radius 3 is 1.06 bits per heavy atom. The summed E-state index contributed by atoms with van der Waals surface area (Å²) in [7, 11) is 8.36. The SMILES string of the molecule is CN(C)CCN1C[C@H](C(=O)c2ccccc2)C(c2ccccc2)[C@H](c2ccc(C(=O)c3ccc([C@@H]4CN(CCN(C)C)C[C@H](C(=O)c5ccccc5)C4c4ccccc4)cc3)cc2)C1. The zero-order chi connectivity index (χ0) is 44.6. The second-order valence-electron chi connectivity index (χ2n) is 18.5. The van der Waals surface area contributed by atoms with E-state index in [0.717, 1.165) is 61.5 Å². The van der Waals surface area contributed by atoms with Gasteiger partial charge in [-0.2, -0.15) is 0 Å². The van der Waals surface area contributed by atoms with Gasteiger partial charge in [0.15, 0.2) is 17.3 Å². The lowest BCUT2D eigenvalue weighted by Crippen LogP contribution is -2.48. The van der Waals surface area contributed by atoms with E-state index in [4.69, 9.17) is 0 Å². The van der Waals surface area contributed by atoms with Crippen molar-refractivity contribution in [2.45, 2.75) is 23.7 Å². The molecular formula is C57H62N4O3. The van der Waals surface area contributed by atoms with Crippen LogP contribution in [-0.2, 0) is 0 Å². The molecule has 0 aromatic heterocycles. The van der Waals surface area contributed by atoms with E-state index in [0.29, 0.717) is 24.2 Å². The summed E-state index contributed by atoms with van der Waals surface area (Å²) in [5.74, 6) is -0.118. The van der Waals surface area contributed by atoms with Gasteiger partial charge in [0.1, 0.15) is 0 Å². The van der Waals surface area contributed by atoms with E-state index in [1.807, 2.05) is 97.1 Å². The van der Waals surface area contributed by atoms with E-state index in [9.17, 15) is 14.4 Å². The Labute approximate surface area is 380 Å². The molecule has 7 heteroatoms. The molecule has 8 rings (SSSR count). The molecule has 64 heavy (non-hydrogen) atoms. The summed E-state index contributed by atoms with van der Waals surface area (Å²) in [6.45, 7) is 6.53. The number of nitrogens with zero attached hydrogens (tertiary/aromatic N) is 4. The standard InChI is InChI=1S/C57H62N4O3/c1-58(2)33-35-60-37-49(53(43-17-9-5-10-18-43)51(39-60)56(63)45-21-13-7-14-22-45)41-25-29-47(30-26-41)55(62)48-31-27-42(28-32-48)50-38-61(36-34-59(3)4)40-52(54(50)44-19-11-6-12-20-44)57(64)46-23-15-8-16-24-46/h5-32,49-54H,33-40H2,1-4H3/t49-,50-,51-,52-,53?,54?/m0/s1. The zero-order valence-corrected chi connectivity index (χ0v) is 37.8. The van der Waals surface area contributed by atoms with E-state index in [2.05, 4.69) is 121 Å². The quantitative estimate of drug-likeness (QED) is 0.0900. The zero-order valence-electron chi connectivity index (χ0n) is 37.8. The van der Waals surface area contributed by atoms with Crippen LogP contribution in [0, 0.1) is 11.8 Å². The number of carbonyl (C=O) groups is 3. The van der Waals surface area contributed by atoms with E-state index in [1.54, 1.807) is 0 Å². The molecule has 6 aromatic rings. The summed E-state index contributed by atoms with van der Waals surface area (Å²) in [5, 5.41) is 0. The lowest BCUT2D eigenvalue weighted by Gasteiger charge is -2.44. The van der Waals surface area contributed by atoms with Crippen molar-refractivity contribution >= 4 is 17.3 Å². The molecule has 0 saturated carbocycles. The molecule has 2 heterocycles. The topological polar surface area (TPSA) is 64.2 Å². The summed E-state index contributed by atoms with van der Waals surface area (Å²) in [5.41, 5.74) is 7.34. The van der Waals surface area contributed by atoms with E-state index >= 15 is 0 Å². The molecular weight excluding hydrogens is 789 g/mol. The van der Waals surface area contributed by atoms with Crippen LogP contribution >= 0.6 is 0 Å². The number of hydrogen-bond acceptors (Lipinski definition) is 7. The Hall–Kier alpha value is -5.83. The molecule has 0 bridgehead atoms. The van der Waals surface area contributed by atoms with Crippen LogP contribution in [-0.4, -0.2) is 117 Å². The van der Waals surface area contributed by atoms with E-state index < -0.39 is 0 Å². The molecule has 0 spiro atoms. The fourth-order valence-electron chi connectivity index (χ4n) is 10.3. The van der Waals surface area contributed by atoms with Crippen molar-refractivity contribution in [3.63, 3.8) is 0 Å². The minimum absolute atomic E-state index is 0.0282. The number of benzene rings is 6. The van der Waals surface area contributed by atoms with Crippen molar-refractivity contribution in [3.8, 4) is 0 Å². The monoisotopic (exact) mass is 850 g/mol. The fraction of sp³-hybridized carbons (Fsp3) is 0.316. The smallest absolute Gasteiger partial charge is 0.193 e. The number of carbonyl (C=O) groups excluding carboxylic acids is 3. The van der Waals surface area contributed by atoms with Crippen molar-refractivity contribution in [2.24, 2.45) is 11.8 Å². The van der Waals surface area contributed by atoms with Gasteiger partial charge in [-0.1, -0.05) is 170 Å². The highest BCUT2D eigenvalue weighted by atomic mass is 16.1. The molecule has 2 aliphatic rings. The molecule has 0 N–H and O–H groups in total. The molecule has 2 saturated heterocycles. The molecule has 2 aliphatic heterocycles. The van der Waals surface area contributed by atoms with Crippen LogP contribution in [0.2, 0.25) is 0 Å². The Morgan fingerprint density at radius 1 is 0.406 bits per heavy atom. The second kappa shape index (κ2) is 20.8. The third-order valence-electron chi connectivity index (χ3n) is 13.6. The predicted octanol–water partition coefficient (Wildman–Crippen LogP) is 9.41. The summed E-state index contributed by atoms with van der Waals surface area (Å²) >= 11 is 0. The minimum atomic E-state index is -0.233. The van der Waals surface area contributed by atoms with Crippen LogP contribution in [0.15, 0.2) is 170 Å². The summed E-state index contributed by atoms with van der Waals surface area (Å²) < 4.78 is 0. The van der Waals surface area contributed by atoms with Crippen molar-refractivity contribution < 1.29 is 14.4 Å². The first-order valence-corrected chi connectivity index (χ1v) is 22.9. The van der Waals surface area contributed by atoms with E-state index in [-0.39, 0.29) is 52.9 Å². The third kappa shape index (κ3) is 10.4. The maximum absolute atomic E-state index is 14.4. The van der Waals surface area contributed by atoms with Crippen molar-refractivity contribution in [1.29, 1.82) is 0 Å². The van der Waals surface area contributed by atoms with Gasteiger partial charge >= 0.3 is 0 Å². The molecule has 0 radical (unpaired) electrons. The van der Waals surface area contributed by atoms with Gasteiger partial charge in [0, 0.05) is 110 Å². The van der Waals surface area contributed by atoms with Crippen LogP contribution < -0.4 is 0 Å². The van der Waals surface area contributed by atoms with Gasteiger partial charge in [0.05, 0.1) is 0 Å². The molecule has 0 amide bonds. The van der Waals surface area contributed by atoms with Crippen LogP contribution in [0.3, 0.4) is 0 Å². The van der Waals surface area contributed by atoms with Gasteiger partial charge in [0.25, 0.3) is 0 Å². The van der Waals surface area contributed by atoms with E-state index in [1.165, 1.54) is 11.1 Å². The third-order valence-corrected chi connectivity index (χ3v) is 13.6. The lowest BCUT2D eigenvalue weighted by molar-refractivity contribution is 0.0723. The number of likely N-dealkylation sites (N-methyl/N-ethyl adjacent to an activating group) is 2. The highest BCUT2D eigenvalue weighted by Gasteiger charge is 2.44. The maximum atomic E-state index is 14.4. The fourth-order valence-corrected chi connectivity index (χ4v) is 10.3. The Kier molecular flexibility index (Phi) is 14.5. The molecule has 328 valence electrons. The molecule has 7 nitrogen and oxygen atoms in total. The average molecular weight is 851 g/mol. The number of likely N-dealkylation sites (tertiary alicyclic amines) is 2. The van der Waals surface area contributed by atoms with Gasteiger partial charge in [-0.3, -0.25) is 14.4 Å². The second-order valence-corrected chi connectivity index (χ2v) is 18.5. The lowest BCUT2D eigenvalue weighted by atomic mass is 9.68. The molecule has 0 aliphatic carbocycles. The van der Waals surface area contributed by atoms with Gasteiger partial charge < -0.3 is 19.6 Å². The highest BCUT2D eigenvalue weighted by molar-refractivity contribution is 6.09. The largest absolute Gasteiger partial charge is 0.308 e. The van der Waals surface area contributed by atoms with Crippen LogP contribution in [0.4, 0.5) is 0 Å². The summed E-state index contributed by atoms with van der Waals surface area (Å²) in [6.07, 6.45) is 0. The Balaban J connectivity index is 1.08. The molecule has 2 fully saturated rings. The van der Waals surface area contributed by atoms with Gasteiger partial charge in [-0.05, 0) is 50.4 Å². The first-order chi connectivity index (χ1) is 31.1. The first kappa shape index (κ1) is 44.8. The molecule has 2 unspecified atom stereocenters. The van der Waals surface area contributed by atoms with Gasteiger partial charge in [-0.15, -0.1) is 0 Å². The number of piperidine rings is 2. The number of hydrogen-bond donors (Lipinski definition) is 0. The number of Topliss-reactive ketones (excluding diaryl/α,β-unsaturated/α-hetero) is 2. The molecule has 6 aromatic carbocycles. The number of rotatable bonds is 16. The van der Waals surface area contributed by atoms with Crippen LogP contribution in [0.1, 0.15) is 82.6 Å². The average Bonchev–Trinajstić information content (AvgIpc) is 3.35. The highest BCUT2D eigenvalue weighted by Crippen LogP contribution is 2.46. The number of ketones is 3. The first-order valence-electron chi connectivity index (χ1n) is 22.9. The van der Waals surface area contributed by atoms with Gasteiger partial charge in [-0.25, -0.2) is 0 Å². The minimum Gasteiger partial charge on any atom is -0.308 e. The van der Waals surface area contributed by atoms with Gasteiger partial charge in [0.2, 0.25) is 0 Å². The van der Waals surface area contributed by atoms with Crippen LogP contribution in [0.5, 0.6) is 0 Å². The summed E-state index contributed by atoms with van der Waals surface area (Å²) in [6, 6.07) is 56.8. The normalized spacial score (nSPS) is 21.8. The molecule has 6 atom stereocenters. The summed E-state index contributed by atoms with van der Waals surface area (Å²) in [4.78, 5) is 52.4. The van der Waals surface area contributed by atoms with Crippen molar-refractivity contribution in [2.75, 3.05) is 80.5 Å². The Bertz CT molecular complexity index is 2270.